The van der Waals surface area contributed by atoms with Gasteiger partial charge in [-0.1, -0.05) is 18.2 Å². The number of nitrogens with one attached hydrogen (secondary N) is 1. The summed E-state index contributed by atoms with van der Waals surface area (Å²) in [5, 5.41) is 2.77. The zero-order chi connectivity index (χ0) is 16.1. The summed E-state index contributed by atoms with van der Waals surface area (Å²) in [5.74, 6) is -0.759. The number of halogens is 1. The second kappa shape index (κ2) is 7.58. The lowest BCUT2D eigenvalue weighted by atomic mass is 9.95. The second-order valence-electron chi connectivity index (χ2n) is 5.53. The number of esters is 1. The van der Waals surface area contributed by atoms with Crippen molar-refractivity contribution in [1.29, 1.82) is 0 Å². The Bertz CT molecular complexity index is 598. The Morgan fingerprint density at radius 3 is 2.77 bits per heavy atom. The number of aryl methyl sites for hydroxylation is 1. The summed E-state index contributed by atoms with van der Waals surface area (Å²) in [6.07, 6.45) is 5.60. The molecule has 0 heterocycles. The molecule has 0 bridgehead atoms. The maximum atomic E-state index is 12.1. The molecule has 4 nitrogen and oxygen atoms in total. The summed E-state index contributed by atoms with van der Waals surface area (Å²) in [6, 6.07) is 5.64. The molecule has 1 aliphatic carbocycles. The Morgan fingerprint density at radius 1 is 1.36 bits per heavy atom. The zero-order valence-electron chi connectivity index (χ0n) is 12.8. The quantitative estimate of drug-likeness (QED) is 0.648. The SMILES string of the molecule is Cc1ccc(NC(=O)[C@H](C)OC(=O)[C@H]2CC=CCC2)c(Br)c1. The van der Waals surface area contributed by atoms with Crippen LogP contribution in [0.15, 0.2) is 34.8 Å². The highest BCUT2D eigenvalue weighted by Crippen LogP contribution is 2.24. The molecule has 1 N–H and O–H groups in total. The highest BCUT2D eigenvalue weighted by atomic mass is 79.9. The monoisotopic (exact) mass is 365 g/mol. The lowest BCUT2D eigenvalue weighted by molar-refractivity contribution is -0.157. The average Bonchev–Trinajstić information content (AvgIpc) is 2.50. The minimum atomic E-state index is -0.813. The fraction of sp³-hybridized carbons (Fsp3) is 0.412. The lowest BCUT2D eigenvalue weighted by Gasteiger charge is -2.20. The van der Waals surface area contributed by atoms with E-state index in [9.17, 15) is 9.59 Å². The molecule has 1 aromatic rings. The standard InChI is InChI=1S/C17H20BrNO3/c1-11-8-9-15(14(18)10-11)19-16(20)12(2)22-17(21)13-6-4-3-5-7-13/h3-4,8-10,12-13H,5-7H2,1-2H3,(H,19,20)/t12-,13-/m0/s1. The third-order valence-corrected chi connectivity index (χ3v) is 4.30. The number of hydrogen-bond acceptors (Lipinski definition) is 3. The van der Waals surface area contributed by atoms with Gasteiger partial charge in [0.15, 0.2) is 6.10 Å². The van der Waals surface area contributed by atoms with E-state index in [1.807, 2.05) is 31.2 Å². The first-order chi connectivity index (χ1) is 10.5. The molecule has 0 radical (unpaired) electrons. The van der Waals surface area contributed by atoms with Crippen LogP contribution in [0.2, 0.25) is 0 Å². The van der Waals surface area contributed by atoms with Gasteiger partial charge in [0, 0.05) is 4.47 Å². The van der Waals surface area contributed by atoms with E-state index >= 15 is 0 Å². The van der Waals surface area contributed by atoms with Crippen molar-refractivity contribution in [3.05, 3.63) is 40.4 Å². The molecule has 1 aromatic carbocycles. The van der Waals surface area contributed by atoms with Gasteiger partial charge in [-0.15, -0.1) is 0 Å². The van der Waals surface area contributed by atoms with Crippen molar-refractivity contribution in [3.8, 4) is 0 Å². The van der Waals surface area contributed by atoms with Gasteiger partial charge in [0.1, 0.15) is 0 Å². The Kier molecular flexibility index (Phi) is 5.77. The summed E-state index contributed by atoms with van der Waals surface area (Å²) in [4.78, 5) is 24.2. The predicted octanol–water partition coefficient (Wildman–Crippen LogP) is 3.98. The number of carbonyl (C=O) groups excluding carboxylic acids is 2. The Hall–Kier alpha value is -1.62. The third-order valence-electron chi connectivity index (χ3n) is 3.65. The molecular weight excluding hydrogens is 346 g/mol. The van der Waals surface area contributed by atoms with Crippen LogP contribution in [0, 0.1) is 12.8 Å². The summed E-state index contributed by atoms with van der Waals surface area (Å²) >= 11 is 3.41. The van der Waals surface area contributed by atoms with Gasteiger partial charge in [0.2, 0.25) is 0 Å². The number of amides is 1. The predicted molar refractivity (Wildman–Crippen MR) is 89.5 cm³/mol. The maximum absolute atomic E-state index is 12.1. The Morgan fingerprint density at radius 2 is 2.14 bits per heavy atom. The Balaban J connectivity index is 1.91. The number of carbonyl (C=O) groups is 2. The first-order valence-corrected chi connectivity index (χ1v) is 8.19. The molecule has 0 saturated heterocycles. The first kappa shape index (κ1) is 16.7. The normalized spacial score (nSPS) is 18.6. The molecule has 1 amide bonds. The van der Waals surface area contributed by atoms with Crippen molar-refractivity contribution in [3.63, 3.8) is 0 Å². The number of ether oxygens (including phenoxy) is 1. The van der Waals surface area contributed by atoms with Gasteiger partial charge in [-0.3, -0.25) is 9.59 Å². The zero-order valence-corrected chi connectivity index (χ0v) is 14.4. The van der Waals surface area contributed by atoms with E-state index < -0.39 is 6.10 Å². The van der Waals surface area contributed by atoms with Crippen molar-refractivity contribution in [1.82, 2.24) is 0 Å². The van der Waals surface area contributed by atoms with Crippen molar-refractivity contribution in [2.45, 2.75) is 39.2 Å². The van der Waals surface area contributed by atoms with Crippen molar-refractivity contribution >= 4 is 33.5 Å². The Labute approximate surface area is 139 Å². The van der Waals surface area contributed by atoms with Crippen LogP contribution >= 0.6 is 15.9 Å². The first-order valence-electron chi connectivity index (χ1n) is 7.40. The fourth-order valence-corrected chi connectivity index (χ4v) is 2.88. The van der Waals surface area contributed by atoms with E-state index in [1.165, 1.54) is 0 Å². The lowest BCUT2D eigenvalue weighted by Crippen LogP contribution is -2.32. The molecule has 2 atom stereocenters. The number of rotatable bonds is 4. The molecule has 0 spiro atoms. The van der Waals surface area contributed by atoms with Gasteiger partial charge in [-0.2, -0.15) is 0 Å². The van der Waals surface area contributed by atoms with Gasteiger partial charge in [-0.25, -0.2) is 0 Å². The van der Waals surface area contributed by atoms with Crippen LogP contribution in [0.3, 0.4) is 0 Å². The van der Waals surface area contributed by atoms with Gasteiger partial charge in [0.25, 0.3) is 5.91 Å². The van der Waals surface area contributed by atoms with E-state index in [0.29, 0.717) is 12.1 Å². The van der Waals surface area contributed by atoms with Crippen LogP contribution in [-0.4, -0.2) is 18.0 Å². The molecule has 5 heteroatoms. The fourth-order valence-electron chi connectivity index (χ4n) is 2.29. The number of anilines is 1. The van der Waals surface area contributed by atoms with Gasteiger partial charge in [0.05, 0.1) is 11.6 Å². The average molecular weight is 366 g/mol. The van der Waals surface area contributed by atoms with Gasteiger partial charge < -0.3 is 10.1 Å². The largest absolute Gasteiger partial charge is 0.452 e. The van der Waals surface area contributed by atoms with E-state index in [2.05, 4.69) is 27.3 Å². The maximum Gasteiger partial charge on any atom is 0.310 e. The molecule has 0 aromatic heterocycles. The minimum Gasteiger partial charge on any atom is -0.452 e. The van der Waals surface area contributed by atoms with E-state index in [-0.39, 0.29) is 17.8 Å². The minimum absolute atomic E-state index is 0.133. The summed E-state index contributed by atoms with van der Waals surface area (Å²) < 4.78 is 6.09. The highest BCUT2D eigenvalue weighted by molar-refractivity contribution is 9.10. The van der Waals surface area contributed by atoms with E-state index in [4.69, 9.17) is 4.74 Å². The van der Waals surface area contributed by atoms with E-state index in [0.717, 1.165) is 22.9 Å². The number of hydrogen-bond donors (Lipinski definition) is 1. The smallest absolute Gasteiger partial charge is 0.310 e. The molecule has 0 fully saturated rings. The van der Waals surface area contributed by atoms with Crippen molar-refractivity contribution in [2.75, 3.05) is 5.32 Å². The summed E-state index contributed by atoms with van der Waals surface area (Å²) in [6.45, 7) is 3.56. The van der Waals surface area contributed by atoms with Crippen LogP contribution in [-0.2, 0) is 14.3 Å². The van der Waals surface area contributed by atoms with Crippen LogP contribution in [0.1, 0.15) is 31.7 Å². The third kappa shape index (κ3) is 4.44. The topological polar surface area (TPSA) is 55.4 Å². The van der Waals surface area contributed by atoms with Crippen molar-refractivity contribution < 1.29 is 14.3 Å². The molecule has 1 aliphatic rings. The second-order valence-corrected chi connectivity index (χ2v) is 6.39. The molecule has 0 saturated carbocycles. The van der Waals surface area contributed by atoms with Crippen LogP contribution in [0.25, 0.3) is 0 Å². The van der Waals surface area contributed by atoms with Crippen LogP contribution in [0.5, 0.6) is 0 Å². The molecule has 2 rings (SSSR count). The molecular formula is C17H20BrNO3. The molecule has 0 unspecified atom stereocenters. The van der Waals surface area contributed by atoms with Crippen LogP contribution in [0.4, 0.5) is 5.69 Å². The molecule has 118 valence electrons. The molecule has 0 aliphatic heterocycles. The van der Waals surface area contributed by atoms with E-state index in [1.54, 1.807) is 6.92 Å². The highest BCUT2D eigenvalue weighted by Gasteiger charge is 2.25. The summed E-state index contributed by atoms with van der Waals surface area (Å²) in [7, 11) is 0. The van der Waals surface area contributed by atoms with Crippen LogP contribution < -0.4 is 5.32 Å². The van der Waals surface area contributed by atoms with Gasteiger partial charge >= 0.3 is 5.97 Å². The number of allylic oxidation sites excluding steroid dienone is 2. The number of benzene rings is 1. The van der Waals surface area contributed by atoms with Gasteiger partial charge in [-0.05, 0) is 66.7 Å². The summed E-state index contributed by atoms with van der Waals surface area (Å²) in [5.41, 5.74) is 1.76. The van der Waals surface area contributed by atoms with Crippen molar-refractivity contribution in [2.24, 2.45) is 5.92 Å². The molecule has 22 heavy (non-hydrogen) atoms.